The zero-order valence-corrected chi connectivity index (χ0v) is 15.7. The molecule has 0 aliphatic heterocycles. The van der Waals surface area contributed by atoms with Gasteiger partial charge in [-0.2, -0.15) is 5.10 Å². The molecule has 0 saturated carbocycles. The van der Waals surface area contributed by atoms with Crippen molar-refractivity contribution in [2.75, 3.05) is 11.9 Å². The van der Waals surface area contributed by atoms with E-state index in [1.807, 2.05) is 61.9 Å². The number of anilines is 1. The summed E-state index contributed by atoms with van der Waals surface area (Å²) in [6, 6.07) is 15.6. The molecule has 0 aliphatic rings. The van der Waals surface area contributed by atoms with Crippen molar-refractivity contribution in [3.05, 3.63) is 77.4 Å². The highest BCUT2D eigenvalue weighted by atomic mass is 19.1. The summed E-state index contributed by atoms with van der Waals surface area (Å²) in [7, 11) is 0. The minimum Gasteiger partial charge on any atom is -0.320 e. The average molecular weight is 366 g/mol. The lowest BCUT2D eigenvalue weighted by atomic mass is 10.2. The molecular weight excluding hydrogens is 343 g/mol. The van der Waals surface area contributed by atoms with Gasteiger partial charge < -0.3 is 10.2 Å². The zero-order chi connectivity index (χ0) is 19.4. The monoisotopic (exact) mass is 366 g/mol. The molecule has 5 nitrogen and oxygen atoms in total. The second-order valence-electron chi connectivity index (χ2n) is 6.43. The van der Waals surface area contributed by atoms with E-state index in [0.29, 0.717) is 18.8 Å². The summed E-state index contributed by atoms with van der Waals surface area (Å²) >= 11 is 0. The van der Waals surface area contributed by atoms with E-state index in [-0.39, 0.29) is 11.8 Å². The van der Waals surface area contributed by atoms with Crippen molar-refractivity contribution in [2.45, 2.75) is 27.3 Å². The van der Waals surface area contributed by atoms with Crippen LogP contribution in [0, 0.1) is 19.7 Å². The predicted octanol–water partition coefficient (Wildman–Crippen LogP) is 4.68. The number of hydrogen-bond acceptors (Lipinski definition) is 2. The van der Waals surface area contributed by atoms with Crippen LogP contribution in [0.5, 0.6) is 0 Å². The Kier molecular flexibility index (Phi) is 5.54. The van der Waals surface area contributed by atoms with Crippen molar-refractivity contribution < 1.29 is 9.18 Å². The first-order valence-electron chi connectivity index (χ1n) is 8.91. The highest BCUT2D eigenvalue weighted by Crippen LogP contribution is 2.22. The Balaban J connectivity index is 1.82. The number of nitrogens with one attached hydrogen (secondary N) is 1. The van der Waals surface area contributed by atoms with Gasteiger partial charge in [0.2, 0.25) is 0 Å². The van der Waals surface area contributed by atoms with E-state index in [9.17, 15) is 9.18 Å². The summed E-state index contributed by atoms with van der Waals surface area (Å²) < 4.78 is 15.2. The molecule has 140 valence electrons. The number of benzene rings is 2. The van der Waals surface area contributed by atoms with Crippen molar-refractivity contribution in [1.29, 1.82) is 0 Å². The van der Waals surface area contributed by atoms with E-state index in [2.05, 4.69) is 10.4 Å². The molecule has 1 heterocycles. The number of aromatic nitrogens is 2. The molecule has 0 bridgehead atoms. The van der Waals surface area contributed by atoms with Crippen LogP contribution in [0.15, 0.2) is 54.6 Å². The van der Waals surface area contributed by atoms with Crippen molar-refractivity contribution in [2.24, 2.45) is 0 Å². The number of para-hydroxylation sites is 2. The Morgan fingerprint density at radius 3 is 2.59 bits per heavy atom. The van der Waals surface area contributed by atoms with E-state index in [1.165, 1.54) is 12.1 Å². The molecule has 2 amide bonds. The molecule has 0 saturated heterocycles. The highest BCUT2D eigenvalue weighted by Gasteiger charge is 2.16. The first kappa shape index (κ1) is 18.6. The molecule has 3 rings (SSSR count). The standard InChI is InChI=1S/C21H23FN4O/c1-4-25(14-17-8-7-9-18(22)13-17)21(27)23-19-10-5-6-11-20(19)26-16(3)12-15(2)24-26/h5-13H,4,14H2,1-3H3,(H,23,27). The molecule has 0 atom stereocenters. The normalized spacial score (nSPS) is 10.7. The van der Waals surface area contributed by atoms with Gasteiger partial charge in [0.1, 0.15) is 5.82 Å². The molecule has 0 spiro atoms. The summed E-state index contributed by atoms with van der Waals surface area (Å²) in [5.41, 5.74) is 4.12. The van der Waals surface area contributed by atoms with E-state index in [0.717, 1.165) is 22.6 Å². The molecular formula is C21H23FN4O. The molecule has 27 heavy (non-hydrogen) atoms. The van der Waals surface area contributed by atoms with Crippen LogP contribution in [0.1, 0.15) is 23.9 Å². The van der Waals surface area contributed by atoms with E-state index < -0.39 is 0 Å². The number of carbonyl (C=O) groups is 1. The van der Waals surface area contributed by atoms with Crippen molar-refractivity contribution in [3.8, 4) is 5.69 Å². The van der Waals surface area contributed by atoms with Crippen molar-refractivity contribution in [3.63, 3.8) is 0 Å². The molecule has 6 heteroatoms. The fraction of sp³-hybridized carbons (Fsp3) is 0.238. The highest BCUT2D eigenvalue weighted by molar-refractivity contribution is 5.91. The number of halogens is 1. The predicted molar refractivity (Wildman–Crippen MR) is 105 cm³/mol. The number of aryl methyl sites for hydroxylation is 2. The van der Waals surface area contributed by atoms with Crippen LogP contribution in [0.3, 0.4) is 0 Å². The van der Waals surface area contributed by atoms with Crippen LogP contribution in [-0.4, -0.2) is 27.3 Å². The largest absolute Gasteiger partial charge is 0.322 e. The maximum absolute atomic E-state index is 13.4. The third-order valence-corrected chi connectivity index (χ3v) is 4.31. The second kappa shape index (κ2) is 8.03. The number of carbonyl (C=O) groups excluding carboxylic acids is 1. The van der Waals surface area contributed by atoms with Gasteiger partial charge in [0.05, 0.1) is 17.1 Å². The summed E-state index contributed by atoms with van der Waals surface area (Å²) in [5.74, 6) is -0.307. The summed E-state index contributed by atoms with van der Waals surface area (Å²) in [4.78, 5) is 14.4. The van der Waals surface area contributed by atoms with Crippen LogP contribution in [0.4, 0.5) is 14.9 Å². The molecule has 1 N–H and O–H groups in total. The van der Waals surface area contributed by atoms with Crippen LogP contribution >= 0.6 is 0 Å². The average Bonchev–Trinajstić information content (AvgIpc) is 2.98. The van der Waals surface area contributed by atoms with Gasteiger partial charge in [-0.05, 0) is 56.7 Å². The van der Waals surface area contributed by atoms with E-state index in [1.54, 1.807) is 11.0 Å². The Morgan fingerprint density at radius 1 is 1.15 bits per heavy atom. The lowest BCUT2D eigenvalue weighted by molar-refractivity contribution is 0.212. The zero-order valence-electron chi connectivity index (χ0n) is 15.7. The van der Waals surface area contributed by atoms with E-state index >= 15 is 0 Å². The summed E-state index contributed by atoms with van der Waals surface area (Å²) in [6.07, 6.45) is 0. The first-order valence-corrected chi connectivity index (χ1v) is 8.91. The molecule has 3 aromatic rings. The smallest absolute Gasteiger partial charge is 0.320 e. The molecule has 0 aliphatic carbocycles. The number of rotatable bonds is 5. The van der Waals surface area contributed by atoms with Gasteiger partial charge in [-0.15, -0.1) is 0 Å². The quantitative estimate of drug-likeness (QED) is 0.713. The molecule has 1 aromatic heterocycles. The first-order chi connectivity index (χ1) is 13.0. The van der Waals surface area contributed by atoms with Crippen LogP contribution in [-0.2, 0) is 6.54 Å². The lowest BCUT2D eigenvalue weighted by Gasteiger charge is -2.22. The maximum atomic E-state index is 13.4. The maximum Gasteiger partial charge on any atom is 0.322 e. The van der Waals surface area contributed by atoms with Crippen LogP contribution < -0.4 is 5.32 Å². The number of nitrogens with zero attached hydrogens (tertiary/aromatic N) is 3. The third-order valence-electron chi connectivity index (χ3n) is 4.31. The summed E-state index contributed by atoms with van der Waals surface area (Å²) in [5, 5.41) is 7.46. The Hall–Kier alpha value is -3.15. The van der Waals surface area contributed by atoms with Gasteiger partial charge in [0.25, 0.3) is 0 Å². The van der Waals surface area contributed by atoms with Gasteiger partial charge in [-0.1, -0.05) is 24.3 Å². The number of amides is 2. The van der Waals surface area contributed by atoms with Crippen LogP contribution in [0.25, 0.3) is 5.69 Å². The fourth-order valence-electron chi connectivity index (χ4n) is 3.01. The third kappa shape index (κ3) is 4.34. The van der Waals surface area contributed by atoms with Crippen molar-refractivity contribution >= 4 is 11.7 Å². The van der Waals surface area contributed by atoms with E-state index in [4.69, 9.17) is 0 Å². The Labute approximate surface area is 158 Å². The Morgan fingerprint density at radius 2 is 1.93 bits per heavy atom. The van der Waals surface area contributed by atoms with Crippen LogP contribution in [0.2, 0.25) is 0 Å². The fourth-order valence-corrected chi connectivity index (χ4v) is 3.01. The molecule has 0 radical (unpaired) electrons. The molecule has 0 fully saturated rings. The molecule has 0 unspecified atom stereocenters. The second-order valence-corrected chi connectivity index (χ2v) is 6.43. The van der Waals surface area contributed by atoms with Gasteiger partial charge in [-0.3, -0.25) is 0 Å². The summed E-state index contributed by atoms with van der Waals surface area (Å²) in [6.45, 7) is 6.64. The van der Waals surface area contributed by atoms with Gasteiger partial charge in [-0.25, -0.2) is 13.9 Å². The minimum absolute atomic E-state index is 0.240. The minimum atomic E-state index is -0.307. The SMILES string of the molecule is CCN(Cc1cccc(F)c1)C(=O)Nc1ccccc1-n1nc(C)cc1C. The topological polar surface area (TPSA) is 50.2 Å². The van der Waals surface area contributed by atoms with Gasteiger partial charge in [0.15, 0.2) is 0 Å². The Bertz CT molecular complexity index is 951. The van der Waals surface area contributed by atoms with Gasteiger partial charge in [0, 0.05) is 18.8 Å². The molecule has 2 aromatic carbocycles. The van der Waals surface area contributed by atoms with Crippen molar-refractivity contribution in [1.82, 2.24) is 14.7 Å². The number of urea groups is 1. The van der Waals surface area contributed by atoms with Gasteiger partial charge >= 0.3 is 6.03 Å². The lowest BCUT2D eigenvalue weighted by Crippen LogP contribution is -2.34. The number of hydrogen-bond donors (Lipinski definition) is 1.